The predicted octanol–water partition coefficient (Wildman–Crippen LogP) is 1.13. The number of hydrogen-bond donors (Lipinski definition) is 4. The van der Waals surface area contributed by atoms with Crippen molar-refractivity contribution < 1.29 is 19.1 Å². The Morgan fingerprint density at radius 1 is 1.33 bits per heavy atom. The van der Waals surface area contributed by atoms with Gasteiger partial charge in [-0.2, -0.15) is 0 Å². The zero-order valence-electron chi connectivity index (χ0n) is 9.32. The van der Waals surface area contributed by atoms with Gasteiger partial charge in [-0.3, -0.25) is 5.32 Å². The summed E-state index contributed by atoms with van der Waals surface area (Å²) in [5, 5.41) is 4.02. The molecular weight excluding hydrogens is 288 g/mol. The van der Waals surface area contributed by atoms with Gasteiger partial charge in [0.25, 0.3) is 0 Å². The summed E-state index contributed by atoms with van der Waals surface area (Å²) >= 11 is 1.22. The fraction of sp³-hybridized carbons (Fsp3) is 0. The molecule has 0 saturated carbocycles. The fourth-order valence-corrected chi connectivity index (χ4v) is 2.36. The number of thiazole rings is 1. The summed E-state index contributed by atoms with van der Waals surface area (Å²) in [6.07, 6.45) is 0. The molecule has 10 heteroatoms. The molecule has 0 unspecified atom stereocenters. The molecule has 1 aromatic heterocycles. The summed E-state index contributed by atoms with van der Waals surface area (Å²) in [4.78, 5) is 32.3. The quantitative estimate of drug-likeness (QED) is 0.490. The second kappa shape index (κ2) is 6.12. The Morgan fingerprint density at radius 3 is 2.61 bits per heavy atom. The van der Waals surface area contributed by atoms with Crippen molar-refractivity contribution in [3.05, 3.63) is 24.3 Å². The third-order valence-electron chi connectivity index (χ3n) is 1.76. The number of nitrogens with one attached hydrogen (secondary N) is 2. The molecule has 7 nitrogen and oxygen atoms in total. The van der Waals surface area contributed by atoms with E-state index in [1.54, 1.807) is 6.07 Å². The average Bonchev–Trinajstić information content (AvgIpc) is 2.55. The first-order chi connectivity index (χ1) is 7.94. The summed E-state index contributed by atoms with van der Waals surface area (Å²) in [5.41, 5.74) is 0.712. The number of nitrogens with zero attached hydrogens (tertiary/aromatic N) is 1. The van der Waals surface area contributed by atoms with Gasteiger partial charge in [0.1, 0.15) is 0 Å². The van der Waals surface area contributed by atoms with Crippen molar-refractivity contribution >= 4 is 70.0 Å². The van der Waals surface area contributed by atoms with Crippen molar-refractivity contribution in [1.29, 1.82) is 0 Å². The molecule has 1 aromatic carbocycles. The smallest absolute Gasteiger partial charge is 0.308 e. The van der Waals surface area contributed by atoms with E-state index in [9.17, 15) is 9.36 Å². The number of benzene rings is 1. The third kappa shape index (κ3) is 4.33. The van der Waals surface area contributed by atoms with Gasteiger partial charge in [0, 0.05) is 29.6 Å². The molecule has 18 heavy (non-hydrogen) atoms. The van der Waals surface area contributed by atoms with E-state index in [4.69, 9.17) is 9.79 Å². The van der Waals surface area contributed by atoms with Gasteiger partial charge in [-0.15, -0.1) is 0 Å². The van der Waals surface area contributed by atoms with Crippen molar-refractivity contribution in [3.63, 3.8) is 0 Å². The first-order valence-corrected chi connectivity index (χ1v) is 6.87. The molecule has 1 radical (unpaired) electrons. The van der Waals surface area contributed by atoms with Crippen LogP contribution in [-0.4, -0.2) is 50.4 Å². The number of fused-ring (bicyclic) bond motifs is 1. The summed E-state index contributed by atoms with van der Waals surface area (Å²) in [7, 11) is -4.58. The Balaban J connectivity index is 0.00000162. The number of urea groups is 1. The summed E-state index contributed by atoms with van der Waals surface area (Å²) in [6, 6.07) is 6.26. The topological polar surface area (TPSA) is 112 Å². The first-order valence-electron chi connectivity index (χ1n) is 4.44. The molecule has 2 rings (SSSR count). The Hall–Kier alpha value is -0.470. The minimum atomic E-state index is -4.58. The van der Waals surface area contributed by atoms with E-state index in [0.29, 0.717) is 5.52 Å². The monoisotopic (exact) mass is 296 g/mol. The minimum absolute atomic E-state index is 0. The van der Waals surface area contributed by atoms with Gasteiger partial charge in [0.2, 0.25) is 0 Å². The van der Waals surface area contributed by atoms with Gasteiger partial charge in [-0.1, -0.05) is 23.5 Å². The zero-order chi connectivity index (χ0) is 12.5. The number of rotatable bonds is 2. The SMILES string of the molecule is O=C(Nc1nc2ccccc2s1)NP(=O)(O)O.[Na]. The fourth-order valence-electron chi connectivity index (χ4n) is 1.18. The Morgan fingerprint density at radius 2 is 2.00 bits per heavy atom. The minimum Gasteiger partial charge on any atom is -0.308 e. The largest absolute Gasteiger partial charge is 0.431 e. The molecule has 1 heterocycles. The van der Waals surface area contributed by atoms with E-state index in [1.807, 2.05) is 18.2 Å². The predicted molar refractivity (Wildman–Crippen MR) is 69.6 cm³/mol. The number of hydrogen-bond acceptors (Lipinski definition) is 4. The van der Waals surface area contributed by atoms with Crippen LogP contribution >= 0.6 is 19.1 Å². The summed E-state index contributed by atoms with van der Waals surface area (Å²) < 4.78 is 11.4. The van der Waals surface area contributed by atoms with Crippen LogP contribution in [0.1, 0.15) is 0 Å². The van der Waals surface area contributed by atoms with E-state index < -0.39 is 13.8 Å². The number of carbonyl (C=O) groups excluding carboxylic acids is 1. The molecule has 0 spiro atoms. The number of anilines is 1. The van der Waals surface area contributed by atoms with E-state index in [-0.39, 0.29) is 34.7 Å². The summed E-state index contributed by atoms with van der Waals surface area (Å²) in [6.45, 7) is 0. The van der Waals surface area contributed by atoms with Crippen LogP contribution in [0.4, 0.5) is 9.93 Å². The van der Waals surface area contributed by atoms with Gasteiger partial charge >= 0.3 is 13.8 Å². The van der Waals surface area contributed by atoms with Gasteiger partial charge < -0.3 is 9.79 Å². The maximum atomic E-state index is 11.2. The van der Waals surface area contributed by atoms with Gasteiger partial charge in [-0.25, -0.2) is 19.4 Å². The number of para-hydroxylation sites is 1. The van der Waals surface area contributed by atoms with Gasteiger partial charge in [0.15, 0.2) is 5.13 Å². The number of aromatic nitrogens is 1. The standard InChI is InChI=1S/C8H8N3O4PS.Na/c12-7(11-16(13,14)15)10-8-9-5-3-1-2-4-6(5)17-8;/h1-4H,(H4,9,10,11,12,13,14,15);. The van der Waals surface area contributed by atoms with E-state index >= 15 is 0 Å². The maximum Gasteiger partial charge on any atom is 0.431 e. The molecule has 0 fully saturated rings. The van der Waals surface area contributed by atoms with Crippen LogP contribution in [0.5, 0.6) is 0 Å². The van der Waals surface area contributed by atoms with Gasteiger partial charge in [0.05, 0.1) is 10.2 Å². The van der Waals surface area contributed by atoms with Crippen LogP contribution in [0.25, 0.3) is 10.2 Å². The van der Waals surface area contributed by atoms with Crippen LogP contribution in [0.3, 0.4) is 0 Å². The molecule has 0 atom stereocenters. The van der Waals surface area contributed by atoms with E-state index in [2.05, 4.69) is 10.3 Å². The molecule has 0 aliphatic heterocycles. The van der Waals surface area contributed by atoms with Gasteiger partial charge in [-0.05, 0) is 12.1 Å². The van der Waals surface area contributed by atoms with Crippen molar-refractivity contribution in [2.75, 3.05) is 5.32 Å². The molecule has 4 N–H and O–H groups in total. The maximum absolute atomic E-state index is 11.2. The second-order valence-corrected chi connectivity index (χ2v) is 5.44. The van der Waals surface area contributed by atoms with Crippen LogP contribution < -0.4 is 10.4 Å². The number of carbonyl (C=O) groups is 1. The molecule has 0 aliphatic carbocycles. The van der Waals surface area contributed by atoms with Crippen LogP contribution in [0, 0.1) is 0 Å². The molecule has 0 bridgehead atoms. The van der Waals surface area contributed by atoms with Crippen molar-refractivity contribution in [2.24, 2.45) is 0 Å². The third-order valence-corrected chi connectivity index (χ3v) is 3.21. The molecule has 91 valence electrons. The number of amides is 2. The molecule has 2 amide bonds. The summed E-state index contributed by atoms with van der Waals surface area (Å²) in [5.74, 6) is 0. The molecule has 0 aliphatic rings. The van der Waals surface area contributed by atoms with Crippen LogP contribution in [-0.2, 0) is 4.57 Å². The average molecular weight is 296 g/mol. The Bertz CT molecular complexity index is 580. The van der Waals surface area contributed by atoms with E-state index in [1.165, 1.54) is 16.4 Å². The molecule has 0 saturated heterocycles. The molecular formula is C8H8N3NaO4PS. The van der Waals surface area contributed by atoms with Crippen molar-refractivity contribution in [3.8, 4) is 0 Å². The van der Waals surface area contributed by atoms with E-state index in [0.717, 1.165) is 4.70 Å². The molecule has 2 aromatic rings. The Labute approximate surface area is 128 Å². The zero-order valence-corrected chi connectivity index (χ0v) is 13.0. The van der Waals surface area contributed by atoms with Crippen LogP contribution in [0.2, 0.25) is 0 Å². The van der Waals surface area contributed by atoms with Crippen molar-refractivity contribution in [2.45, 2.75) is 0 Å². The Kier molecular flexibility index (Phi) is 5.30. The first kappa shape index (κ1) is 15.6. The van der Waals surface area contributed by atoms with Crippen molar-refractivity contribution in [1.82, 2.24) is 10.1 Å². The van der Waals surface area contributed by atoms with Crippen LogP contribution in [0.15, 0.2) is 24.3 Å². The normalized spacial score (nSPS) is 10.8. The second-order valence-electron chi connectivity index (χ2n) is 3.10.